The van der Waals surface area contributed by atoms with Crippen molar-refractivity contribution in [1.29, 1.82) is 0 Å². The van der Waals surface area contributed by atoms with E-state index in [0.717, 1.165) is 24.8 Å². The Hall–Kier alpha value is -1.35. The summed E-state index contributed by atoms with van der Waals surface area (Å²) in [6, 6.07) is 8.22. The monoisotopic (exact) mass is 232 g/mol. The predicted molar refractivity (Wildman–Crippen MR) is 68.5 cm³/mol. The standard InChI is InChI=1S/C14H20N2O/c1-10-4-6-12(7-5-10)11(2)16-13(17)14(15)8-3-9-14/h4-7,11H,3,8-9,15H2,1-2H3,(H,16,17)/t11-/m0/s1. The number of nitrogens with one attached hydrogen (secondary N) is 1. The van der Waals surface area contributed by atoms with Gasteiger partial charge in [-0.1, -0.05) is 29.8 Å². The number of hydrogen-bond acceptors (Lipinski definition) is 2. The van der Waals surface area contributed by atoms with Crippen LogP contribution < -0.4 is 11.1 Å². The van der Waals surface area contributed by atoms with Crippen molar-refractivity contribution in [3.8, 4) is 0 Å². The molecule has 3 nitrogen and oxygen atoms in total. The molecule has 3 heteroatoms. The highest BCUT2D eigenvalue weighted by Gasteiger charge is 2.40. The fourth-order valence-corrected chi connectivity index (χ4v) is 2.06. The van der Waals surface area contributed by atoms with Crippen molar-refractivity contribution < 1.29 is 4.79 Å². The van der Waals surface area contributed by atoms with Crippen LogP contribution in [0.15, 0.2) is 24.3 Å². The summed E-state index contributed by atoms with van der Waals surface area (Å²) >= 11 is 0. The third-order valence-electron chi connectivity index (χ3n) is 3.62. The molecule has 1 aliphatic carbocycles. The lowest BCUT2D eigenvalue weighted by molar-refractivity contribution is -0.129. The van der Waals surface area contributed by atoms with Crippen LogP contribution in [0.4, 0.5) is 0 Å². The SMILES string of the molecule is Cc1ccc([C@H](C)NC(=O)C2(N)CCC2)cc1. The molecule has 2 rings (SSSR count). The van der Waals surface area contributed by atoms with Gasteiger partial charge in [0.15, 0.2) is 0 Å². The van der Waals surface area contributed by atoms with E-state index < -0.39 is 5.54 Å². The molecule has 0 aromatic heterocycles. The van der Waals surface area contributed by atoms with Crippen LogP contribution in [0.3, 0.4) is 0 Å². The first kappa shape index (κ1) is 12.1. The Balaban J connectivity index is 1.99. The van der Waals surface area contributed by atoms with E-state index in [2.05, 4.69) is 24.4 Å². The van der Waals surface area contributed by atoms with Gasteiger partial charge in [0.05, 0.1) is 11.6 Å². The molecule has 1 fully saturated rings. The van der Waals surface area contributed by atoms with Gasteiger partial charge in [0.2, 0.25) is 5.91 Å². The zero-order valence-electron chi connectivity index (χ0n) is 10.5. The van der Waals surface area contributed by atoms with Gasteiger partial charge in [0.1, 0.15) is 0 Å². The van der Waals surface area contributed by atoms with Crippen LogP contribution in [0.25, 0.3) is 0 Å². The minimum absolute atomic E-state index is 0.0168. The topological polar surface area (TPSA) is 55.1 Å². The molecule has 0 saturated heterocycles. The normalized spacial score (nSPS) is 19.2. The summed E-state index contributed by atoms with van der Waals surface area (Å²) in [6.07, 6.45) is 2.67. The Bertz CT molecular complexity index is 407. The summed E-state index contributed by atoms with van der Waals surface area (Å²) in [4.78, 5) is 12.0. The maximum absolute atomic E-state index is 12.0. The summed E-state index contributed by atoms with van der Waals surface area (Å²) in [6.45, 7) is 4.04. The van der Waals surface area contributed by atoms with E-state index in [-0.39, 0.29) is 11.9 Å². The first-order chi connectivity index (χ1) is 8.01. The molecule has 0 radical (unpaired) electrons. The molecule has 0 heterocycles. The van der Waals surface area contributed by atoms with Crippen LogP contribution in [-0.2, 0) is 4.79 Å². The quantitative estimate of drug-likeness (QED) is 0.838. The van der Waals surface area contributed by atoms with Gasteiger partial charge in [-0.3, -0.25) is 4.79 Å². The molecule has 1 aromatic rings. The lowest BCUT2D eigenvalue weighted by Gasteiger charge is -2.37. The molecule has 1 saturated carbocycles. The lowest BCUT2D eigenvalue weighted by Crippen LogP contribution is -2.58. The minimum atomic E-state index is -0.612. The average Bonchev–Trinajstić information content (AvgIpc) is 2.26. The molecule has 0 spiro atoms. The Morgan fingerprint density at radius 3 is 2.41 bits per heavy atom. The smallest absolute Gasteiger partial charge is 0.240 e. The first-order valence-electron chi connectivity index (χ1n) is 6.18. The number of carbonyl (C=O) groups is 1. The van der Waals surface area contributed by atoms with Crippen molar-refractivity contribution in [3.63, 3.8) is 0 Å². The third-order valence-corrected chi connectivity index (χ3v) is 3.62. The lowest BCUT2D eigenvalue weighted by atomic mass is 9.77. The number of rotatable bonds is 3. The molecule has 1 aromatic carbocycles. The second kappa shape index (κ2) is 4.49. The fourth-order valence-electron chi connectivity index (χ4n) is 2.06. The largest absolute Gasteiger partial charge is 0.348 e. The van der Waals surface area contributed by atoms with Gasteiger partial charge < -0.3 is 11.1 Å². The first-order valence-corrected chi connectivity index (χ1v) is 6.18. The van der Waals surface area contributed by atoms with Crippen molar-refractivity contribution >= 4 is 5.91 Å². The Morgan fingerprint density at radius 1 is 1.35 bits per heavy atom. The van der Waals surface area contributed by atoms with Crippen LogP contribution in [0, 0.1) is 6.92 Å². The van der Waals surface area contributed by atoms with Crippen LogP contribution >= 0.6 is 0 Å². The van der Waals surface area contributed by atoms with Crippen LogP contribution in [0.1, 0.15) is 43.4 Å². The fraction of sp³-hybridized carbons (Fsp3) is 0.500. The Kier molecular flexibility index (Phi) is 3.20. The van der Waals surface area contributed by atoms with E-state index in [1.54, 1.807) is 0 Å². The molecule has 92 valence electrons. The van der Waals surface area contributed by atoms with E-state index in [9.17, 15) is 4.79 Å². The molecule has 0 aliphatic heterocycles. The summed E-state index contributed by atoms with van der Waals surface area (Å²) < 4.78 is 0. The third kappa shape index (κ3) is 2.50. The van der Waals surface area contributed by atoms with E-state index >= 15 is 0 Å². The van der Waals surface area contributed by atoms with E-state index in [0.29, 0.717) is 0 Å². The van der Waals surface area contributed by atoms with Crippen molar-refractivity contribution in [1.82, 2.24) is 5.32 Å². The van der Waals surface area contributed by atoms with Gasteiger partial charge in [-0.15, -0.1) is 0 Å². The molecule has 0 unspecified atom stereocenters. The summed E-state index contributed by atoms with van der Waals surface area (Å²) in [5.74, 6) is -0.0168. The van der Waals surface area contributed by atoms with E-state index in [1.807, 2.05) is 19.1 Å². The van der Waals surface area contributed by atoms with Crippen LogP contribution in [0.5, 0.6) is 0 Å². The van der Waals surface area contributed by atoms with Crippen molar-refractivity contribution in [2.75, 3.05) is 0 Å². The number of amides is 1. The molecule has 0 bridgehead atoms. The second-order valence-corrected chi connectivity index (χ2v) is 5.12. The molecule has 1 amide bonds. The second-order valence-electron chi connectivity index (χ2n) is 5.12. The Morgan fingerprint density at radius 2 is 1.94 bits per heavy atom. The van der Waals surface area contributed by atoms with Crippen molar-refractivity contribution in [2.24, 2.45) is 5.73 Å². The molecule has 1 aliphatic rings. The number of hydrogen-bond donors (Lipinski definition) is 2. The van der Waals surface area contributed by atoms with E-state index in [1.165, 1.54) is 5.56 Å². The number of aryl methyl sites for hydroxylation is 1. The Labute approximate surface area is 102 Å². The molecule has 3 N–H and O–H groups in total. The predicted octanol–water partition coefficient (Wildman–Crippen LogP) is 2.05. The van der Waals surface area contributed by atoms with Crippen LogP contribution in [0.2, 0.25) is 0 Å². The summed E-state index contributed by atoms with van der Waals surface area (Å²) in [5, 5.41) is 2.99. The highest BCUT2D eigenvalue weighted by Crippen LogP contribution is 2.29. The number of benzene rings is 1. The highest BCUT2D eigenvalue weighted by molar-refractivity contribution is 5.87. The van der Waals surface area contributed by atoms with Gasteiger partial charge in [-0.25, -0.2) is 0 Å². The minimum Gasteiger partial charge on any atom is -0.348 e. The van der Waals surface area contributed by atoms with E-state index in [4.69, 9.17) is 5.73 Å². The van der Waals surface area contributed by atoms with Gasteiger partial charge in [0.25, 0.3) is 0 Å². The van der Waals surface area contributed by atoms with Crippen molar-refractivity contribution in [3.05, 3.63) is 35.4 Å². The average molecular weight is 232 g/mol. The highest BCUT2D eigenvalue weighted by atomic mass is 16.2. The molecule has 17 heavy (non-hydrogen) atoms. The summed E-state index contributed by atoms with van der Waals surface area (Å²) in [5.41, 5.74) is 7.71. The van der Waals surface area contributed by atoms with Gasteiger partial charge >= 0.3 is 0 Å². The summed E-state index contributed by atoms with van der Waals surface area (Å²) in [7, 11) is 0. The number of carbonyl (C=O) groups excluding carboxylic acids is 1. The van der Waals surface area contributed by atoms with Gasteiger partial charge in [-0.05, 0) is 38.7 Å². The molecular weight excluding hydrogens is 212 g/mol. The van der Waals surface area contributed by atoms with Crippen LogP contribution in [-0.4, -0.2) is 11.4 Å². The number of nitrogens with two attached hydrogens (primary N) is 1. The zero-order chi connectivity index (χ0) is 12.5. The van der Waals surface area contributed by atoms with Gasteiger partial charge in [-0.2, -0.15) is 0 Å². The van der Waals surface area contributed by atoms with Crippen molar-refractivity contribution in [2.45, 2.75) is 44.7 Å². The zero-order valence-corrected chi connectivity index (χ0v) is 10.5. The molecule has 1 atom stereocenters. The molecular formula is C14H20N2O. The maximum Gasteiger partial charge on any atom is 0.240 e. The maximum atomic E-state index is 12.0. The van der Waals surface area contributed by atoms with Gasteiger partial charge in [0, 0.05) is 0 Å².